The number of carbonyl (C=O) groups excluding carboxylic acids is 2. The molecule has 14 heteroatoms. The first-order valence-electron chi connectivity index (χ1n) is 14.9. The summed E-state index contributed by atoms with van der Waals surface area (Å²) in [5, 5.41) is 18.4. The van der Waals surface area contributed by atoms with Gasteiger partial charge in [-0.25, -0.2) is 22.0 Å². The van der Waals surface area contributed by atoms with E-state index in [0.29, 0.717) is 24.2 Å². The van der Waals surface area contributed by atoms with Gasteiger partial charge in [0.15, 0.2) is 0 Å². The monoisotopic (exact) mass is 645 g/mol. The van der Waals surface area contributed by atoms with Crippen molar-refractivity contribution in [1.82, 2.24) is 20.1 Å². The number of carbonyl (C=O) groups is 2. The van der Waals surface area contributed by atoms with Gasteiger partial charge in [0.05, 0.1) is 35.4 Å². The molecule has 3 aliphatic heterocycles. The van der Waals surface area contributed by atoms with Gasteiger partial charge in [-0.15, -0.1) is 0 Å². The molecule has 3 aromatic rings. The molecular weight excluding hydrogens is 608 g/mol. The Morgan fingerprint density at radius 2 is 1.91 bits per heavy atom. The first kappa shape index (κ1) is 31.2. The van der Waals surface area contributed by atoms with Crippen molar-refractivity contribution in [2.24, 2.45) is 0 Å². The second-order valence-corrected chi connectivity index (χ2v) is 15.3. The summed E-state index contributed by atoms with van der Waals surface area (Å²) in [5.74, 6) is -2.20. The van der Waals surface area contributed by atoms with E-state index in [-0.39, 0.29) is 43.3 Å². The van der Waals surface area contributed by atoms with Crippen molar-refractivity contribution < 1.29 is 36.6 Å². The average Bonchev–Trinajstić information content (AvgIpc) is 3.52. The molecule has 1 aromatic heterocycles. The molecule has 0 radical (unpaired) electrons. The third-order valence-corrected chi connectivity index (χ3v) is 11.7. The minimum Gasteiger partial charge on any atom is -0.447 e. The maximum atomic E-state index is 14.1. The van der Waals surface area contributed by atoms with Gasteiger partial charge < -0.3 is 25.0 Å². The number of aliphatic hydroxyl groups is 1. The van der Waals surface area contributed by atoms with Crippen LogP contribution in [0.15, 0.2) is 36.5 Å². The van der Waals surface area contributed by atoms with E-state index in [1.165, 1.54) is 22.3 Å². The number of halogens is 2. The molecule has 2 aromatic carbocycles. The summed E-state index contributed by atoms with van der Waals surface area (Å²) in [7, 11) is -2.34. The van der Waals surface area contributed by atoms with E-state index in [9.17, 15) is 31.9 Å². The van der Waals surface area contributed by atoms with Gasteiger partial charge in [0.25, 0.3) is 5.91 Å². The van der Waals surface area contributed by atoms with E-state index in [1.54, 1.807) is 19.9 Å². The molecule has 2 amide bonds. The number of nitrogens with zero attached hydrogens (tertiary/aromatic N) is 3. The fourth-order valence-corrected chi connectivity index (χ4v) is 8.15. The molecule has 0 bridgehead atoms. The molecule has 4 heterocycles. The molecule has 0 unspecified atom stereocenters. The maximum absolute atomic E-state index is 14.1. The summed E-state index contributed by atoms with van der Waals surface area (Å²) in [4.78, 5) is 27.7. The predicted molar refractivity (Wildman–Crippen MR) is 164 cm³/mol. The first-order valence-corrected chi connectivity index (χ1v) is 16.4. The zero-order valence-corrected chi connectivity index (χ0v) is 26.3. The highest BCUT2D eigenvalue weighted by Crippen LogP contribution is 2.40. The van der Waals surface area contributed by atoms with Crippen LogP contribution in [0.2, 0.25) is 0 Å². The van der Waals surface area contributed by atoms with Crippen molar-refractivity contribution in [2.75, 3.05) is 31.0 Å². The molecule has 3 N–H and O–H groups in total. The molecule has 3 aliphatic rings. The lowest BCUT2D eigenvalue weighted by molar-refractivity contribution is 0.0490. The standard InChI is InChI=1S/C31H37F2N5O6S/c1-5-18-13-37-16-31(2,3)45(42,43)36(4)26-10-19(9-23(18)27(26)37)29(40)35-24(8-17-6-20(32)11-21(33)7-17)28(39)25-14-38-22(12-34-25)15-44-30(38)41/h6-7,9-11,13,22,24-25,28,34,39H,5,8,12,14-16H2,1-4H3,(H,35,40)/t22-,24-,25+,28-/m0/s1. The largest absolute Gasteiger partial charge is 0.447 e. The molecule has 11 nitrogen and oxygen atoms in total. The number of aryl methyl sites for hydroxylation is 1. The average molecular weight is 646 g/mol. The van der Waals surface area contributed by atoms with Crippen LogP contribution < -0.4 is 14.9 Å². The van der Waals surface area contributed by atoms with E-state index < -0.39 is 56.6 Å². The van der Waals surface area contributed by atoms with Crippen LogP contribution in [-0.4, -0.2) is 90.7 Å². The van der Waals surface area contributed by atoms with Crippen LogP contribution in [0.3, 0.4) is 0 Å². The number of cyclic esters (lactones) is 1. The van der Waals surface area contributed by atoms with Crippen molar-refractivity contribution in [1.29, 1.82) is 0 Å². The molecule has 0 aliphatic carbocycles. The number of piperazine rings is 1. The molecule has 2 saturated heterocycles. The van der Waals surface area contributed by atoms with Crippen LogP contribution in [0.5, 0.6) is 0 Å². The number of aromatic nitrogens is 1. The van der Waals surface area contributed by atoms with Gasteiger partial charge in [0.2, 0.25) is 10.0 Å². The second-order valence-electron chi connectivity index (χ2n) is 12.7. The quantitative estimate of drug-likeness (QED) is 0.360. The number of rotatable bonds is 7. The maximum Gasteiger partial charge on any atom is 0.410 e. The van der Waals surface area contributed by atoms with Gasteiger partial charge >= 0.3 is 6.09 Å². The van der Waals surface area contributed by atoms with Gasteiger partial charge in [-0.2, -0.15) is 0 Å². The van der Waals surface area contributed by atoms with Crippen molar-refractivity contribution in [3.63, 3.8) is 0 Å². The first-order chi connectivity index (χ1) is 21.2. The summed E-state index contributed by atoms with van der Waals surface area (Å²) in [6.07, 6.45) is 0.663. The Balaban J connectivity index is 1.37. The van der Waals surface area contributed by atoms with E-state index in [0.717, 1.165) is 29.1 Å². The van der Waals surface area contributed by atoms with E-state index in [4.69, 9.17) is 4.74 Å². The van der Waals surface area contributed by atoms with Gasteiger partial charge in [-0.3, -0.25) is 14.0 Å². The Bertz CT molecular complexity index is 1770. The van der Waals surface area contributed by atoms with E-state index >= 15 is 0 Å². The molecule has 242 valence electrons. The molecule has 4 atom stereocenters. The third kappa shape index (κ3) is 5.42. The third-order valence-electron chi connectivity index (χ3n) is 9.23. The van der Waals surface area contributed by atoms with Crippen LogP contribution in [0, 0.1) is 11.6 Å². The topological polar surface area (TPSA) is 133 Å². The highest BCUT2D eigenvalue weighted by molar-refractivity contribution is 7.94. The van der Waals surface area contributed by atoms with Gasteiger partial charge in [-0.1, -0.05) is 6.92 Å². The van der Waals surface area contributed by atoms with Gasteiger partial charge in [0.1, 0.15) is 23.0 Å². The minimum atomic E-state index is -3.81. The number of fused-ring (bicyclic) bond motifs is 1. The molecular formula is C31H37F2N5O6S. The van der Waals surface area contributed by atoms with Crippen molar-refractivity contribution in [3.8, 4) is 0 Å². The number of anilines is 1. The molecule has 0 saturated carbocycles. The van der Waals surface area contributed by atoms with Gasteiger partial charge in [-0.05, 0) is 62.1 Å². The zero-order valence-electron chi connectivity index (χ0n) is 25.5. The SMILES string of the molecule is CCc1cn2c3c(cc(C(=O)N[C@@H](Cc4cc(F)cc(F)c4)[C@H](O)[C@H]4CN5C(=O)OC[C@@H]5CN4)cc13)N(C)S(=O)(=O)C(C)(C)C2. The van der Waals surface area contributed by atoms with Crippen LogP contribution in [-0.2, 0) is 34.1 Å². The normalized spacial score (nSPS) is 23.3. The Kier molecular flexibility index (Phi) is 7.81. The van der Waals surface area contributed by atoms with Crippen molar-refractivity contribution in [3.05, 3.63) is 64.9 Å². The number of benzene rings is 2. The van der Waals surface area contributed by atoms with Crippen molar-refractivity contribution in [2.45, 2.75) is 69.1 Å². The lowest BCUT2D eigenvalue weighted by atomic mass is 9.93. The Morgan fingerprint density at radius 3 is 2.60 bits per heavy atom. The van der Waals surface area contributed by atoms with E-state index in [2.05, 4.69) is 10.6 Å². The van der Waals surface area contributed by atoms with Crippen LogP contribution >= 0.6 is 0 Å². The fraction of sp³-hybridized carbons (Fsp3) is 0.484. The number of hydrogen-bond donors (Lipinski definition) is 3. The number of sulfonamides is 1. The smallest absolute Gasteiger partial charge is 0.410 e. The summed E-state index contributed by atoms with van der Waals surface area (Å²) in [5.41, 5.74) is 2.36. The van der Waals surface area contributed by atoms with Crippen molar-refractivity contribution >= 4 is 38.6 Å². The van der Waals surface area contributed by atoms with Crippen LogP contribution in [0.4, 0.5) is 19.3 Å². The van der Waals surface area contributed by atoms with Crippen LogP contribution in [0.25, 0.3) is 10.9 Å². The second kappa shape index (κ2) is 11.2. The summed E-state index contributed by atoms with van der Waals surface area (Å²) >= 11 is 0. The number of aliphatic hydroxyl groups excluding tert-OH is 1. The predicted octanol–water partition coefficient (Wildman–Crippen LogP) is 2.53. The lowest BCUT2D eigenvalue weighted by Gasteiger charge is -2.38. The number of ether oxygens (including phenoxy) is 1. The van der Waals surface area contributed by atoms with E-state index in [1.807, 2.05) is 17.7 Å². The molecule has 6 rings (SSSR count). The lowest BCUT2D eigenvalue weighted by Crippen LogP contribution is -2.63. The Labute approximate surface area is 260 Å². The fourth-order valence-electron chi connectivity index (χ4n) is 6.70. The Morgan fingerprint density at radius 1 is 1.20 bits per heavy atom. The number of amides is 2. The molecule has 0 spiro atoms. The Hall–Kier alpha value is -3.75. The number of nitrogens with one attached hydrogen (secondary N) is 2. The van der Waals surface area contributed by atoms with Gasteiger partial charge in [0, 0.05) is 49.9 Å². The summed E-state index contributed by atoms with van der Waals surface area (Å²) in [6.45, 7) is 6.23. The summed E-state index contributed by atoms with van der Waals surface area (Å²) in [6, 6.07) is 4.32. The highest BCUT2D eigenvalue weighted by Gasteiger charge is 2.44. The minimum absolute atomic E-state index is 0.108. The van der Waals surface area contributed by atoms with Crippen LogP contribution in [0.1, 0.15) is 42.3 Å². The molecule has 45 heavy (non-hydrogen) atoms. The zero-order chi connectivity index (χ0) is 32.4. The summed E-state index contributed by atoms with van der Waals surface area (Å²) < 4.78 is 62.6. The number of hydrogen-bond acceptors (Lipinski definition) is 7. The highest BCUT2D eigenvalue weighted by atomic mass is 32.2. The molecule has 2 fully saturated rings.